The predicted molar refractivity (Wildman–Crippen MR) is 114 cm³/mol. The van der Waals surface area contributed by atoms with Crippen molar-refractivity contribution in [2.45, 2.75) is 32.4 Å². The average Bonchev–Trinajstić information content (AvgIpc) is 3.11. The number of carbonyl (C=O) groups excluding carboxylic acids is 1. The number of benzene rings is 2. The van der Waals surface area contributed by atoms with Crippen molar-refractivity contribution in [1.82, 2.24) is 15.4 Å². The number of fused-ring (bicyclic) bond motifs is 3. The lowest BCUT2D eigenvalue weighted by Gasteiger charge is -2.17. The van der Waals surface area contributed by atoms with Gasteiger partial charge in [-0.25, -0.2) is 5.48 Å². The summed E-state index contributed by atoms with van der Waals surface area (Å²) in [6.45, 7) is 3.31. The molecular weight excluding hydrogens is 382 g/mol. The Kier molecular flexibility index (Phi) is 6.21. The molecule has 158 valence electrons. The molecule has 7 nitrogen and oxygen atoms in total. The van der Waals surface area contributed by atoms with E-state index in [0.717, 1.165) is 49.5 Å². The Morgan fingerprint density at radius 2 is 2.07 bits per heavy atom. The van der Waals surface area contributed by atoms with Crippen LogP contribution < -0.4 is 20.3 Å². The van der Waals surface area contributed by atoms with Crippen LogP contribution in [0.1, 0.15) is 23.2 Å². The number of hydroxylamine groups is 1. The first kappa shape index (κ1) is 20.3. The first-order valence-corrected chi connectivity index (χ1v) is 10.2. The minimum absolute atomic E-state index is 0.137. The Hall–Kier alpha value is -3.03. The van der Waals surface area contributed by atoms with E-state index >= 15 is 0 Å². The van der Waals surface area contributed by atoms with E-state index in [9.17, 15) is 4.79 Å². The summed E-state index contributed by atoms with van der Waals surface area (Å²) in [6.07, 6.45) is 2.03. The summed E-state index contributed by atoms with van der Waals surface area (Å²) in [6, 6.07) is 13.6. The fraction of sp³-hybridized carbons (Fsp3) is 0.348. The van der Waals surface area contributed by atoms with Crippen molar-refractivity contribution in [3.63, 3.8) is 0 Å². The van der Waals surface area contributed by atoms with Gasteiger partial charge in [-0.3, -0.25) is 10.0 Å². The van der Waals surface area contributed by atoms with Crippen molar-refractivity contribution in [2.75, 3.05) is 20.3 Å². The fourth-order valence-corrected chi connectivity index (χ4v) is 4.15. The van der Waals surface area contributed by atoms with Crippen LogP contribution in [0.15, 0.2) is 42.5 Å². The third kappa shape index (κ3) is 4.13. The lowest BCUT2D eigenvalue weighted by molar-refractivity contribution is -0.128. The molecule has 3 aromatic rings. The van der Waals surface area contributed by atoms with Crippen LogP contribution >= 0.6 is 0 Å². The number of amides is 1. The zero-order valence-corrected chi connectivity index (χ0v) is 17.1. The van der Waals surface area contributed by atoms with Gasteiger partial charge in [0, 0.05) is 24.2 Å². The molecule has 0 radical (unpaired) electrons. The first-order valence-electron chi connectivity index (χ1n) is 10.2. The molecule has 0 saturated heterocycles. The van der Waals surface area contributed by atoms with Crippen molar-refractivity contribution in [2.24, 2.45) is 0 Å². The molecule has 0 unspecified atom stereocenters. The van der Waals surface area contributed by atoms with Gasteiger partial charge in [-0.2, -0.15) is 0 Å². The minimum atomic E-state index is -0.434. The molecule has 0 fully saturated rings. The second-order valence-electron chi connectivity index (χ2n) is 7.42. The zero-order valence-electron chi connectivity index (χ0n) is 17.1. The number of ether oxygens (including phenoxy) is 2. The van der Waals surface area contributed by atoms with E-state index < -0.39 is 5.91 Å². The monoisotopic (exact) mass is 409 g/mol. The molecule has 30 heavy (non-hydrogen) atoms. The van der Waals surface area contributed by atoms with Gasteiger partial charge in [-0.15, -0.1) is 0 Å². The summed E-state index contributed by atoms with van der Waals surface area (Å²) in [5.41, 5.74) is 6.39. The Bertz CT molecular complexity index is 1030. The van der Waals surface area contributed by atoms with Crippen LogP contribution in [-0.4, -0.2) is 35.9 Å². The molecule has 3 N–H and O–H groups in total. The Morgan fingerprint density at radius 3 is 2.83 bits per heavy atom. The lowest BCUT2D eigenvalue weighted by Crippen LogP contribution is -2.25. The Morgan fingerprint density at radius 1 is 1.23 bits per heavy atom. The highest BCUT2D eigenvalue weighted by molar-refractivity contribution is 5.90. The predicted octanol–water partition coefficient (Wildman–Crippen LogP) is 2.81. The zero-order chi connectivity index (χ0) is 20.9. The maximum atomic E-state index is 11.2. The van der Waals surface area contributed by atoms with Gasteiger partial charge < -0.3 is 19.4 Å². The number of hydrogen-bond acceptors (Lipinski definition) is 5. The van der Waals surface area contributed by atoms with Gasteiger partial charge in [0.25, 0.3) is 0 Å². The van der Waals surface area contributed by atoms with E-state index in [1.165, 1.54) is 22.2 Å². The fourth-order valence-electron chi connectivity index (χ4n) is 4.15. The van der Waals surface area contributed by atoms with Gasteiger partial charge in [0.05, 0.1) is 25.7 Å². The minimum Gasteiger partial charge on any atom is -0.495 e. The van der Waals surface area contributed by atoms with Crippen molar-refractivity contribution in [1.29, 1.82) is 0 Å². The molecule has 7 heteroatoms. The summed E-state index contributed by atoms with van der Waals surface area (Å²) < 4.78 is 13.9. The van der Waals surface area contributed by atoms with Gasteiger partial charge in [0.15, 0.2) is 0 Å². The topological polar surface area (TPSA) is 84.8 Å². The molecule has 2 aromatic carbocycles. The summed E-state index contributed by atoms with van der Waals surface area (Å²) in [5, 5.41) is 13.4. The molecule has 0 aliphatic carbocycles. The van der Waals surface area contributed by atoms with Crippen molar-refractivity contribution in [3.05, 3.63) is 59.3 Å². The molecule has 0 saturated carbocycles. The molecule has 0 atom stereocenters. The summed E-state index contributed by atoms with van der Waals surface area (Å²) >= 11 is 0. The molecule has 1 amide bonds. The highest BCUT2D eigenvalue weighted by Gasteiger charge is 2.21. The van der Waals surface area contributed by atoms with Gasteiger partial charge in [0.2, 0.25) is 5.91 Å². The molecular formula is C23H27N3O4. The van der Waals surface area contributed by atoms with Crippen LogP contribution in [0, 0.1) is 0 Å². The van der Waals surface area contributed by atoms with E-state index in [2.05, 4.69) is 22.0 Å². The van der Waals surface area contributed by atoms with E-state index in [0.29, 0.717) is 6.61 Å². The van der Waals surface area contributed by atoms with Crippen LogP contribution in [-0.2, 0) is 30.7 Å². The quantitative estimate of drug-likeness (QED) is 0.303. The number of hydrogen-bond donors (Lipinski definition) is 3. The number of para-hydroxylation sites is 1. The molecule has 1 aliphatic rings. The largest absolute Gasteiger partial charge is 0.495 e. The number of rotatable bonds is 8. The number of methoxy groups -OCH3 is 1. The van der Waals surface area contributed by atoms with Crippen LogP contribution in [0.25, 0.3) is 10.9 Å². The van der Waals surface area contributed by atoms with Crippen LogP contribution in [0.3, 0.4) is 0 Å². The van der Waals surface area contributed by atoms with Crippen molar-refractivity contribution >= 4 is 16.8 Å². The first-order chi connectivity index (χ1) is 14.7. The van der Waals surface area contributed by atoms with Crippen molar-refractivity contribution in [3.8, 4) is 11.5 Å². The Balaban J connectivity index is 1.42. The van der Waals surface area contributed by atoms with Crippen LogP contribution in [0.4, 0.5) is 0 Å². The maximum absolute atomic E-state index is 11.2. The SMILES string of the molecule is COc1cccc2c3c(n(CCCOc4ccc(CC(=O)NO)cc4)c12)CNCC3. The number of carbonyl (C=O) groups is 1. The lowest BCUT2D eigenvalue weighted by atomic mass is 10.0. The second-order valence-corrected chi connectivity index (χ2v) is 7.42. The summed E-state index contributed by atoms with van der Waals surface area (Å²) in [4.78, 5) is 11.2. The highest BCUT2D eigenvalue weighted by atomic mass is 16.5. The number of nitrogens with one attached hydrogen (secondary N) is 2. The number of aryl methyl sites for hydroxylation is 1. The molecule has 0 bridgehead atoms. The smallest absolute Gasteiger partial charge is 0.247 e. The Labute approximate surface area is 175 Å². The van der Waals surface area contributed by atoms with Gasteiger partial charge in [-0.05, 0) is 48.7 Å². The van der Waals surface area contributed by atoms with Crippen LogP contribution in [0.2, 0.25) is 0 Å². The maximum Gasteiger partial charge on any atom is 0.247 e. The van der Waals surface area contributed by atoms with Crippen molar-refractivity contribution < 1.29 is 19.5 Å². The molecule has 1 aromatic heterocycles. The highest BCUT2D eigenvalue weighted by Crippen LogP contribution is 2.34. The van der Waals surface area contributed by atoms with E-state index in [1.807, 2.05) is 30.3 Å². The summed E-state index contributed by atoms with van der Waals surface area (Å²) in [7, 11) is 1.72. The van der Waals surface area contributed by atoms with Crippen LogP contribution in [0.5, 0.6) is 11.5 Å². The number of nitrogens with zero attached hydrogens (tertiary/aromatic N) is 1. The van der Waals surface area contributed by atoms with Gasteiger partial charge >= 0.3 is 0 Å². The van der Waals surface area contributed by atoms with Gasteiger partial charge in [0.1, 0.15) is 11.5 Å². The van der Waals surface area contributed by atoms with E-state index in [-0.39, 0.29) is 6.42 Å². The van der Waals surface area contributed by atoms with Gasteiger partial charge in [-0.1, -0.05) is 24.3 Å². The molecule has 1 aliphatic heterocycles. The normalized spacial score (nSPS) is 13.1. The molecule has 4 rings (SSSR count). The molecule has 0 spiro atoms. The van der Waals surface area contributed by atoms with E-state index in [1.54, 1.807) is 12.6 Å². The second kappa shape index (κ2) is 9.19. The number of aromatic nitrogens is 1. The third-order valence-corrected chi connectivity index (χ3v) is 5.54. The summed E-state index contributed by atoms with van der Waals surface area (Å²) in [5.74, 6) is 1.24. The third-order valence-electron chi connectivity index (χ3n) is 5.54. The average molecular weight is 409 g/mol. The standard InChI is InChI=1S/C23H27N3O4/c1-29-21-5-2-4-19-18-10-11-24-15-20(18)26(23(19)21)12-3-13-30-17-8-6-16(7-9-17)14-22(27)25-28/h2,4-9,24,28H,3,10-15H2,1H3,(H,25,27). The van der Waals surface area contributed by atoms with E-state index in [4.69, 9.17) is 14.7 Å². The molecule has 2 heterocycles.